The van der Waals surface area contributed by atoms with Gasteiger partial charge in [0.05, 0.1) is 10.7 Å². The summed E-state index contributed by atoms with van der Waals surface area (Å²) in [6.45, 7) is 5.78. The average molecular weight is 487 g/mol. The van der Waals surface area contributed by atoms with E-state index in [0.29, 0.717) is 23.8 Å². The average Bonchev–Trinajstić information content (AvgIpc) is 3.46. The monoisotopic (exact) mass is 486 g/mol. The minimum Gasteiger partial charge on any atom is -0.492 e. The van der Waals surface area contributed by atoms with E-state index in [2.05, 4.69) is 39.6 Å². The second-order valence-corrected chi connectivity index (χ2v) is 9.26. The number of benzene rings is 2. The van der Waals surface area contributed by atoms with Gasteiger partial charge in [-0.1, -0.05) is 30.3 Å². The van der Waals surface area contributed by atoms with Crippen LogP contribution in [0.25, 0.3) is 33.4 Å². The molecule has 178 valence electrons. The first-order chi connectivity index (χ1) is 17.0. The molecule has 0 spiro atoms. The minimum absolute atomic E-state index is 0.0930. The highest BCUT2D eigenvalue weighted by atomic mass is 35.5. The number of aromatic amines is 1. The van der Waals surface area contributed by atoms with Gasteiger partial charge >= 0.3 is 0 Å². The molecule has 6 nitrogen and oxygen atoms in total. The Morgan fingerprint density at radius 2 is 1.97 bits per heavy atom. The van der Waals surface area contributed by atoms with Crippen molar-refractivity contribution in [3.8, 4) is 28.1 Å². The SMILES string of the molecule is C=CC(=O)N1CCc2ccc(-c3c(-c4ccc(OCCN(C)C)cc4)[nH]c4nccc(Cl)c34)cc21. The number of rotatable bonds is 7. The predicted molar refractivity (Wildman–Crippen MR) is 142 cm³/mol. The van der Waals surface area contributed by atoms with E-state index in [1.807, 2.05) is 38.4 Å². The first-order valence-electron chi connectivity index (χ1n) is 11.6. The quantitative estimate of drug-likeness (QED) is 0.347. The van der Waals surface area contributed by atoms with Crippen molar-refractivity contribution in [2.24, 2.45) is 0 Å². The van der Waals surface area contributed by atoms with Crippen LogP contribution < -0.4 is 9.64 Å². The van der Waals surface area contributed by atoms with Gasteiger partial charge in [0.2, 0.25) is 5.91 Å². The maximum atomic E-state index is 12.4. The van der Waals surface area contributed by atoms with E-state index in [0.717, 1.165) is 57.7 Å². The summed E-state index contributed by atoms with van der Waals surface area (Å²) in [5.41, 5.74) is 6.61. The van der Waals surface area contributed by atoms with Crippen LogP contribution in [0.15, 0.2) is 67.4 Å². The summed E-state index contributed by atoms with van der Waals surface area (Å²) < 4.78 is 5.86. The highest BCUT2D eigenvalue weighted by molar-refractivity contribution is 6.36. The fraction of sp³-hybridized carbons (Fsp3) is 0.214. The van der Waals surface area contributed by atoms with E-state index in [9.17, 15) is 4.79 Å². The standard InChI is InChI=1S/C28H27ClN4O2/c1-4-24(34)33-14-12-18-5-6-20(17-23(18)33)25-26-22(29)11-13-30-28(26)31-27(25)19-7-9-21(10-8-19)35-16-15-32(2)3/h4-11,13,17H,1,12,14-16H2,2-3H3,(H,30,31). The van der Waals surface area contributed by atoms with Crippen LogP contribution in [0.5, 0.6) is 5.75 Å². The molecule has 1 aliphatic heterocycles. The van der Waals surface area contributed by atoms with Crippen LogP contribution >= 0.6 is 11.6 Å². The Morgan fingerprint density at radius 1 is 1.20 bits per heavy atom. The molecule has 0 unspecified atom stereocenters. The van der Waals surface area contributed by atoms with Crippen molar-refractivity contribution in [1.82, 2.24) is 14.9 Å². The normalized spacial score (nSPS) is 12.9. The molecule has 3 heterocycles. The van der Waals surface area contributed by atoms with Crippen LogP contribution in [0.2, 0.25) is 5.02 Å². The fourth-order valence-corrected chi connectivity index (χ4v) is 4.76. The summed E-state index contributed by atoms with van der Waals surface area (Å²) in [4.78, 5) is 24.3. The zero-order valence-corrected chi connectivity index (χ0v) is 20.6. The minimum atomic E-state index is -0.0930. The number of likely N-dealkylation sites (N-methyl/N-ethyl adjacent to an activating group) is 1. The van der Waals surface area contributed by atoms with Gasteiger partial charge in [-0.3, -0.25) is 4.79 Å². The van der Waals surface area contributed by atoms with E-state index >= 15 is 0 Å². The lowest BCUT2D eigenvalue weighted by Gasteiger charge is -2.16. The van der Waals surface area contributed by atoms with Crippen LogP contribution in [0.1, 0.15) is 5.56 Å². The smallest absolute Gasteiger partial charge is 0.250 e. The van der Waals surface area contributed by atoms with Crippen molar-refractivity contribution in [3.63, 3.8) is 0 Å². The Bertz CT molecular complexity index is 1410. The fourth-order valence-electron chi connectivity index (χ4n) is 4.52. The van der Waals surface area contributed by atoms with Crippen LogP contribution in [0.4, 0.5) is 5.69 Å². The molecule has 35 heavy (non-hydrogen) atoms. The molecule has 0 atom stereocenters. The van der Waals surface area contributed by atoms with Crippen LogP contribution in [-0.4, -0.2) is 54.6 Å². The van der Waals surface area contributed by atoms with Gasteiger partial charge in [-0.15, -0.1) is 0 Å². The molecule has 2 aromatic carbocycles. The summed E-state index contributed by atoms with van der Waals surface area (Å²) >= 11 is 6.68. The molecule has 0 fully saturated rings. The number of H-pyrrole nitrogens is 1. The molecule has 0 bridgehead atoms. The van der Waals surface area contributed by atoms with Gasteiger partial charge in [0, 0.05) is 35.9 Å². The lowest BCUT2D eigenvalue weighted by atomic mass is 9.97. The Morgan fingerprint density at radius 3 is 2.71 bits per heavy atom. The first kappa shape index (κ1) is 23.1. The number of hydrogen-bond donors (Lipinski definition) is 1. The molecule has 1 N–H and O–H groups in total. The number of amides is 1. The Labute approximate surface area is 209 Å². The van der Waals surface area contributed by atoms with E-state index in [1.54, 1.807) is 17.2 Å². The van der Waals surface area contributed by atoms with Gasteiger partial charge in [-0.2, -0.15) is 0 Å². The van der Waals surface area contributed by atoms with Crippen LogP contribution in [-0.2, 0) is 11.2 Å². The van der Waals surface area contributed by atoms with E-state index in [-0.39, 0.29) is 5.91 Å². The number of ether oxygens (including phenoxy) is 1. The second-order valence-electron chi connectivity index (χ2n) is 8.85. The van der Waals surface area contributed by atoms with Gasteiger partial charge in [0.25, 0.3) is 0 Å². The first-order valence-corrected chi connectivity index (χ1v) is 12.0. The van der Waals surface area contributed by atoms with Crippen LogP contribution in [0, 0.1) is 0 Å². The number of carbonyl (C=O) groups is 1. The molecule has 2 aromatic heterocycles. The van der Waals surface area contributed by atoms with Crippen molar-refractivity contribution in [2.45, 2.75) is 6.42 Å². The summed E-state index contributed by atoms with van der Waals surface area (Å²) in [5, 5.41) is 1.48. The topological polar surface area (TPSA) is 61.5 Å². The number of anilines is 1. The number of carbonyl (C=O) groups excluding carboxylic acids is 1. The molecular weight excluding hydrogens is 460 g/mol. The zero-order chi connectivity index (χ0) is 24.5. The Hall–Kier alpha value is -3.61. The lowest BCUT2D eigenvalue weighted by Crippen LogP contribution is -2.26. The van der Waals surface area contributed by atoms with Gasteiger partial charge < -0.3 is 19.5 Å². The van der Waals surface area contributed by atoms with E-state index < -0.39 is 0 Å². The largest absolute Gasteiger partial charge is 0.492 e. The number of hydrogen-bond acceptors (Lipinski definition) is 4. The predicted octanol–water partition coefficient (Wildman–Crippen LogP) is 5.57. The summed E-state index contributed by atoms with van der Waals surface area (Å²) in [6.07, 6.45) is 3.89. The number of nitrogens with zero attached hydrogens (tertiary/aromatic N) is 3. The highest BCUT2D eigenvalue weighted by Crippen LogP contribution is 2.43. The summed E-state index contributed by atoms with van der Waals surface area (Å²) in [7, 11) is 4.04. The zero-order valence-electron chi connectivity index (χ0n) is 19.8. The van der Waals surface area contributed by atoms with Crippen LogP contribution in [0.3, 0.4) is 0 Å². The third kappa shape index (κ3) is 4.43. The highest BCUT2D eigenvalue weighted by Gasteiger charge is 2.25. The van der Waals surface area contributed by atoms with Crippen molar-refractivity contribution in [3.05, 3.63) is 78.0 Å². The maximum absolute atomic E-state index is 12.4. The van der Waals surface area contributed by atoms with E-state index in [1.165, 1.54) is 6.08 Å². The third-order valence-electron chi connectivity index (χ3n) is 6.30. The van der Waals surface area contributed by atoms with Gasteiger partial charge in [-0.05, 0) is 79.7 Å². The Kier molecular flexibility index (Phi) is 6.32. The molecule has 0 saturated carbocycles. The molecule has 0 radical (unpaired) electrons. The number of aromatic nitrogens is 2. The van der Waals surface area contributed by atoms with Crippen molar-refractivity contribution in [2.75, 3.05) is 38.7 Å². The van der Waals surface area contributed by atoms with E-state index in [4.69, 9.17) is 16.3 Å². The summed E-state index contributed by atoms with van der Waals surface area (Å²) in [5.74, 6) is 0.727. The molecule has 1 amide bonds. The second kappa shape index (κ2) is 9.56. The number of pyridine rings is 1. The van der Waals surface area contributed by atoms with Gasteiger partial charge in [0.1, 0.15) is 18.0 Å². The molecule has 5 rings (SSSR count). The Balaban J connectivity index is 1.59. The molecular formula is C28H27ClN4O2. The van der Waals surface area contributed by atoms with Gasteiger partial charge in [0.15, 0.2) is 0 Å². The lowest BCUT2D eigenvalue weighted by molar-refractivity contribution is -0.114. The summed E-state index contributed by atoms with van der Waals surface area (Å²) in [6, 6.07) is 16.1. The molecule has 7 heteroatoms. The maximum Gasteiger partial charge on any atom is 0.250 e. The van der Waals surface area contributed by atoms with Crippen molar-refractivity contribution < 1.29 is 9.53 Å². The number of fused-ring (bicyclic) bond motifs is 2. The van der Waals surface area contributed by atoms with Crippen molar-refractivity contribution >= 4 is 34.2 Å². The third-order valence-corrected chi connectivity index (χ3v) is 6.62. The molecule has 4 aromatic rings. The van der Waals surface area contributed by atoms with Gasteiger partial charge in [-0.25, -0.2) is 4.98 Å². The number of nitrogens with one attached hydrogen (secondary N) is 1. The molecule has 1 aliphatic rings. The number of halogens is 1. The molecule has 0 saturated heterocycles. The molecule has 0 aliphatic carbocycles. The van der Waals surface area contributed by atoms with Crippen molar-refractivity contribution in [1.29, 1.82) is 0 Å².